The largest absolute Gasteiger partial charge is 0.472 e. The monoisotopic (exact) mass is 875 g/mol. The lowest BCUT2D eigenvalue weighted by atomic mass is 9.85. The van der Waals surface area contributed by atoms with Gasteiger partial charge in [0.15, 0.2) is 0 Å². The third kappa shape index (κ3) is 29.8. The molecular formula is C47H87O12P. The molecule has 0 aromatic heterocycles. The quantitative estimate of drug-likeness (QED) is 0.0148. The number of rotatable bonds is 40. The zero-order valence-corrected chi connectivity index (χ0v) is 38.4. The van der Waals surface area contributed by atoms with Gasteiger partial charge in [0.1, 0.15) is 42.7 Å². The molecule has 0 aliphatic heterocycles. The Morgan fingerprint density at radius 1 is 0.533 bits per heavy atom. The number of carbonyl (C=O) groups is 1. The summed E-state index contributed by atoms with van der Waals surface area (Å²) < 4.78 is 34.2. The summed E-state index contributed by atoms with van der Waals surface area (Å²) in [7, 11) is -5.02. The fraction of sp³-hybridized carbons (Fsp3) is 0.851. The van der Waals surface area contributed by atoms with Crippen LogP contribution in [0.2, 0.25) is 0 Å². The average molecular weight is 875 g/mol. The van der Waals surface area contributed by atoms with Crippen molar-refractivity contribution in [3.8, 4) is 0 Å². The number of allylic oxidation sites excluding steroid dienone is 6. The van der Waals surface area contributed by atoms with E-state index in [-0.39, 0.29) is 13.0 Å². The molecule has 12 nitrogen and oxygen atoms in total. The van der Waals surface area contributed by atoms with Gasteiger partial charge in [-0.2, -0.15) is 0 Å². The number of hydrogen-bond acceptors (Lipinski definition) is 11. The molecule has 13 heteroatoms. The minimum atomic E-state index is -5.02. The molecule has 1 fully saturated rings. The molecule has 6 unspecified atom stereocenters. The predicted molar refractivity (Wildman–Crippen MR) is 239 cm³/mol. The molecule has 0 aromatic carbocycles. The summed E-state index contributed by atoms with van der Waals surface area (Å²) in [5, 5.41) is 50.2. The van der Waals surface area contributed by atoms with Crippen molar-refractivity contribution in [2.45, 2.75) is 236 Å². The predicted octanol–water partition coefficient (Wildman–Crippen LogP) is 9.87. The second-order valence-electron chi connectivity index (χ2n) is 16.6. The molecule has 1 rings (SSSR count). The SMILES string of the molecule is CCCCC/C=C\C/C=C\CCCCCCCC(=O)OC(COCCCCCCCCCC/C=C\CCCCCCCC)COP(=O)(O)OC1C(O)C(O)C(O)C(O)C1O. The van der Waals surface area contributed by atoms with E-state index in [1.165, 1.54) is 103 Å². The van der Waals surface area contributed by atoms with E-state index in [0.29, 0.717) is 13.0 Å². The third-order valence-corrected chi connectivity index (χ3v) is 12.0. The van der Waals surface area contributed by atoms with Gasteiger partial charge in [-0.25, -0.2) is 4.57 Å². The van der Waals surface area contributed by atoms with Crippen molar-refractivity contribution in [1.29, 1.82) is 0 Å². The van der Waals surface area contributed by atoms with Crippen LogP contribution in [-0.4, -0.2) is 98.9 Å². The van der Waals surface area contributed by atoms with Crippen molar-refractivity contribution in [3.63, 3.8) is 0 Å². The minimum absolute atomic E-state index is 0.0837. The first kappa shape index (κ1) is 56.6. The molecule has 0 amide bonds. The van der Waals surface area contributed by atoms with Crippen LogP contribution in [0.3, 0.4) is 0 Å². The summed E-state index contributed by atoms with van der Waals surface area (Å²) in [5.41, 5.74) is 0. The normalized spacial score (nSPS) is 22.6. The van der Waals surface area contributed by atoms with Crippen molar-refractivity contribution >= 4 is 13.8 Å². The van der Waals surface area contributed by atoms with E-state index in [1.807, 2.05) is 0 Å². The lowest BCUT2D eigenvalue weighted by Crippen LogP contribution is -2.64. The van der Waals surface area contributed by atoms with E-state index in [1.54, 1.807) is 0 Å². The van der Waals surface area contributed by atoms with Crippen LogP contribution in [0.5, 0.6) is 0 Å². The van der Waals surface area contributed by atoms with E-state index in [0.717, 1.165) is 64.2 Å². The fourth-order valence-corrected chi connectivity index (χ4v) is 8.12. The Balaban J connectivity index is 2.39. The summed E-state index contributed by atoms with van der Waals surface area (Å²) in [6, 6.07) is 0. The van der Waals surface area contributed by atoms with Gasteiger partial charge in [-0.3, -0.25) is 13.8 Å². The molecule has 0 bridgehead atoms. The molecule has 352 valence electrons. The van der Waals surface area contributed by atoms with Crippen LogP contribution in [-0.2, 0) is 27.9 Å². The van der Waals surface area contributed by atoms with Gasteiger partial charge in [0.2, 0.25) is 0 Å². The van der Waals surface area contributed by atoms with Gasteiger partial charge < -0.3 is 39.9 Å². The maximum atomic E-state index is 12.8. The molecule has 0 saturated heterocycles. The maximum absolute atomic E-state index is 12.8. The van der Waals surface area contributed by atoms with Gasteiger partial charge in [0.05, 0.1) is 13.2 Å². The van der Waals surface area contributed by atoms with Crippen molar-refractivity contribution < 1.29 is 58.3 Å². The summed E-state index contributed by atoms with van der Waals surface area (Å²) >= 11 is 0. The lowest BCUT2D eigenvalue weighted by molar-refractivity contribution is -0.220. The number of hydrogen-bond donors (Lipinski definition) is 6. The Bertz CT molecular complexity index is 1130. The van der Waals surface area contributed by atoms with Crippen LogP contribution < -0.4 is 0 Å². The van der Waals surface area contributed by atoms with Gasteiger partial charge >= 0.3 is 13.8 Å². The first-order valence-corrected chi connectivity index (χ1v) is 25.3. The Kier molecular flexibility index (Phi) is 35.9. The highest BCUT2D eigenvalue weighted by molar-refractivity contribution is 7.47. The third-order valence-electron chi connectivity index (χ3n) is 11.0. The molecule has 0 radical (unpaired) electrons. The van der Waals surface area contributed by atoms with E-state index in [9.17, 15) is 39.8 Å². The topological polar surface area (TPSA) is 192 Å². The molecule has 6 N–H and O–H groups in total. The molecule has 60 heavy (non-hydrogen) atoms. The van der Waals surface area contributed by atoms with E-state index < -0.39 is 63.1 Å². The highest BCUT2D eigenvalue weighted by atomic mass is 31.2. The van der Waals surface area contributed by atoms with Crippen LogP contribution in [0.15, 0.2) is 36.5 Å². The van der Waals surface area contributed by atoms with Crippen LogP contribution >= 0.6 is 7.82 Å². The molecular weight excluding hydrogens is 787 g/mol. The Morgan fingerprint density at radius 3 is 1.45 bits per heavy atom. The van der Waals surface area contributed by atoms with Gasteiger partial charge in [0.25, 0.3) is 0 Å². The second kappa shape index (κ2) is 38.1. The smallest absolute Gasteiger partial charge is 0.457 e. The second-order valence-corrected chi connectivity index (χ2v) is 18.0. The number of unbranched alkanes of at least 4 members (excludes halogenated alkanes) is 22. The highest BCUT2D eigenvalue weighted by Gasteiger charge is 2.51. The zero-order valence-electron chi connectivity index (χ0n) is 37.5. The highest BCUT2D eigenvalue weighted by Crippen LogP contribution is 2.47. The Hall–Kier alpha value is -1.44. The summed E-state index contributed by atoms with van der Waals surface area (Å²) in [6.07, 6.45) is 32.1. The Labute approximate surface area is 363 Å². The molecule has 1 aliphatic rings. The number of phosphoric ester groups is 1. The maximum Gasteiger partial charge on any atom is 0.472 e. The van der Waals surface area contributed by atoms with Gasteiger partial charge in [-0.05, 0) is 70.6 Å². The molecule has 0 aromatic rings. The Morgan fingerprint density at radius 2 is 0.933 bits per heavy atom. The van der Waals surface area contributed by atoms with Crippen LogP contribution in [0.1, 0.15) is 194 Å². The van der Waals surface area contributed by atoms with E-state index in [2.05, 4.69) is 50.3 Å². The number of carbonyl (C=O) groups excluding carboxylic acids is 1. The molecule has 1 aliphatic carbocycles. The fourth-order valence-electron chi connectivity index (χ4n) is 7.14. The van der Waals surface area contributed by atoms with E-state index >= 15 is 0 Å². The molecule has 6 atom stereocenters. The summed E-state index contributed by atoms with van der Waals surface area (Å²) in [5.74, 6) is -0.492. The number of aliphatic hydroxyl groups is 5. The van der Waals surface area contributed by atoms with Gasteiger partial charge in [-0.1, -0.05) is 153 Å². The first-order valence-electron chi connectivity index (χ1n) is 23.8. The average Bonchev–Trinajstić information content (AvgIpc) is 3.23. The number of esters is 1. The standard InChI is InChI=1S/C47H87O12P/c1-3-5-7-9-11-13-15-17-19-20-21-23-25-27-29-31-33-35-37-56-38-40(39-57-60(54,55)59-47-45(52)43(50)42(49)44(51)46(47)53)58-41(48)36-34-32-30-28-26-24-22-18-16-14-12-10-8-6-4-2/h12,14,17-19,22,40,42-47,49-53H,3-11,13,15-16,20-21,23-39H2,1-2H3,(H,54,55)/b14-12-,19-17-,22-18-. The molecule has 0 heterocycles. The van der Waals surface area contributed by atoms with Crippen molar-refractivity contribution in [2.24, 2.45) is 0 Å². The zero-order chi connectivity index (χ0) is 44.1. The van der Waals surface area contributed by atoms with Crippen molar-refractivity contribution in [1.82, 2.24) is 0 Å². The van der Waals surface area contributed by atoms with Crippen molar-refractivity contribution in [2.75, 3.05) is 19.8 Å². The molecule has 0 spiro atoms. The van der Waals surface area contributed by atoms with Crippen LogP contribution in [0, 0.1) is 0 Å². The minimum Gasteiger partial charge on any atom is -0.457 e. The van der Waals surface area contributed by atoms with Gasteiger partial charge in [0, 0.05) is 13.0 Å². The lowest BCUT2D eigenvalue weighted by Gasteiger charge is -2.41. The van der Waals surface area contributed by atoms with Gasteiger partial charge in [-0.15, -0.1) is 0 Å². The number of aliphatic hydroxyl groups excluding tert-OH is 5. The van der Waals surface area contributed by atoms with Crippen LogP contribution in [0.4, 0.5) is 0 Å². The number of ether oxygens (including phenoxy) is 2. The summed E-state index contributed by atoms with van der Waals surface area (Å²) in [6.45, 7) is 4.21. The number of phosphoric acid groups is 1. The molecule has 1 saturated carbocycles. The summed E-state index contributed by atoms with van der Waals surface area (Å²) in [4.78, 5) is 23.2. The van der Waals surface area contributed by atoms with Crippen molar-refractivity contribution in [3.05, 3.63) is 36.5 Å². The van der Waals surface area contributed by atoms with E-state index in [4.69, 9.17) is 18.5 Å². The van der Waals surface area contributed by atoms with Crippen LogP contribution in [0.25, 0.3) is 0 Å². The first-order chi connectivity index (χ1) is 29.0.